The highest BCUT2D eigenvalue weighted by atomic mass is 35.5. The number of rotatable bonds is 8. The number of halogens is 1. The van der Waals surface area contributed by atoms with Crippen LogP contribution < -0.4 is 0 Å². The van der Waals surface area contributed by atoms with Crippen molar-refractivity contribution in [2.24, 2.45) is 0 Å². The maximum Gasteiger partial charge on any atom is 0.150 e. The molecule has 0 atom stereocenters. The largest absolute Gasteiger partial charge is 0.383 e. The summed E-state index contributed by atoms with van der Waals surface area (Å²) < 4.78 is 5.23. The Morgan fingerprint density at radius 2 is 1.93 bits per heavy atom. The molecule has 0 unspecified atom stereocenters. The molecule has 0 saturated carbocycles. The number of nitrogens with zero attached hydrogens (tertiary/aromatic N) is 2. The Hall–Kier alpha value is -2.27. The van der Waals surface area contributed by atoms with Crippen LogP contribution in [0.4, 0.5) is 0 Å². The third-order valence-electron chi connectivity index (χ3n) is 4.65. The molecule has 1 heterocycles. The number of hydrogen-bond donors (Lipinski definition) is 0. The maximum atomic E-state index is 10.9. The van der Waals surface area contributed by atoms with Crippen molar-refractivity contribution < 1.29 is 9.53 Å². The van der Waals surface area contributed by atoms with Gasteiger partial charge in [0.1, 0.15) is 6.29 Å². The smallest absolute Gasteiger partial charge is 0.150 e. The Balaban J connectivity index is 2.05. The number of ether oxygens (including phenoxy) is 1. The summed E-state index contributed by atoms with van der Waals surface area (Å²) in [7, 11) is 1.72. The highest BCUT2D eigenvalue weighted by molar-refractivity contribution is 6.31. The molecule has 3 aromatic rings. The molecule has 27 heavy (non-hydrogen) atoms. The lowest BCUT2D eigenvalue weighted by molar-refractivity contribution is 0.112. The second kappa shape index (κ2) is 9.09. The van der Waals surface area contributed by atoms with E-state index >= 15 is 0 Å². The lowest BCUT2D eigenvalue weighted by Crippen LogP contribution is -2.26. The minimum atomic E-state index is 0.652. The van der Waals surface area contributed by atoms with Gasteiger partial charge in [0.25, 0.3) is 0 Å². The zero-order chi connectivity index (χ0) is 19.2. The van der Waals surface area contributed by atoms with Crippen LogP contribution in [0, 0.1) is 0 Å². The number of carbonyl (C=O) groups excluding carboxylic acids is 1. The number of hydrogen-bond acceptors (Lipinski definition) is 4. The average Bonchev–Trinajstić information content (AvgIpc) is 2.70. The van der Waals surface area contributed by atoms with E-state index in [1.807, 2.05) is 42.5 Å². The number of benzene rings is 2. The van der Waals surface area contributed by atoms with E-state index in [-0.39, 0.29) is 0 Å². The highest BCUT2D eigenvalue weighted by Gasteiger charge is 2.12. The van der Waals surface area contributed by atoms with Crippen molar-refractivity contribution in [1.82, 2.24) is 9.88 Å². The van der Waals surface area contributed by atoms with Crippen molar-refractivity contribution in [3.05, 3.63) is 64.7 Å². The molecule has 4 nitrogen and oxygen atoms in total. The zero-order valence-electron chi connectivity index (χ0n) is 15.6. The summed E-state index contributed by atoms with van der Waals surface area (Å²) in [5, 5.41) is 1.77. The summed E-state index contributed by atoms with van der Waals surface area (Å²) in [4.78, 5) is 18.1. The van der Waals surface area contributed by atoms with Crippen LogP contribution in [0.3, 0.4) is 0 Å². The molecule has 0 bridgehead atoms. The highest BCUT2D eigenvalue weighted by Crippen LogP contribution is 2.28. The van der Waals surface area contributed by atoms with Gasteiger partial charge in [0, 0.05) is 41.7 Å². The second-order valence-electron chi connectivity index (χ2n) is 6.43. The predicted octanol–water partition coefficient (Wildman–Crippen LogP) is 4.84. The summed E-state index contributed by atoms with van der Waals surface area (Å²) in [5.74, 6) is 0. The molecule has 5 heteroatoms. The average molecular weight is 383 g/mol. The third kappa shape index (κ3) is 4.72. The van der Waals surface area contributed by atoms with E-state index < -0.39 is 0 Å². The van der Waals surface area contributed by atoms with Gasteiger partial charge in [0.05, 0.1) is 17.8 Å². The van der Waals surface area contributed by atoms with Gasteiger partial charge >= 0.3 is 0 Å². The monoisotopic (exact) mass is 382 g/mol. The van der Waals surface area contributed by atoms with Crippen molar-refractivity contribution >= 4 is 28.8 Å². The first-order chi connectivity index (χ1) is 13.1. The van der Waals surface area contributed by atoms with Gasteiger partial charge in [-0.15, -0.1) is 0 Å². The van der Waals surface area contributed by atoms with Gasteiger partial charge in [0.2, 0.25) is 0 Å². The Bertz CT molecular complexity index is 925. The minimum Gasteiger partial charge on any atom is -0.383 e. The summed E-state index contributed by atoms with van der Waals surface area (Å²) in [6, 6.07) is 15.4. The summed E-state index contributed by atoms with van der Waals surface area (Å²) in [6.07, 6.45) is 0.845. The van der Waals surface area contributed by atoms with E-state index in [9.17, 15) is 4.79 Å². The molecule has 0 aliphatic heterocycles. The van der Waals surface area contributed by atoms with Crippen LogP contribution in [-0.4, -0.2) is 43.0 Å². The number of likely N-dealkylation sites (N-methyl/N-ethyl adjacent to an activating group) is 1. The standard InChI is InChI=1S/C22H23ClN2O2/c1-3-25(10-11-27-2)14-18-12-21(17-6-4-16(15-26)5-7-17)24-22-13-19(23)8-9-20(18)22/h4-9,12-13,15H,3,10-11,14H2,1-2H3. The molecular weight excluding hydrogens is 360 g/mol. The Morgan fingerprint density at radius 1 is 1.15 bits per heavy atom. The fourth-order valence-corrected chi connectivity index (χ4v) is 3.26. The molecule has 0 saturated heterocycles. The molecular formula is C22H23ClN2O2. The predicted molar refractivity (Wildman–Crippen MR) is 110 cm³/mol. The van der Waals surface area contributed by atoms with Gasteiger partial charge in [-0.3, -0.25) is 9.69 Å². The van der Waals surface area contributed by atoms with E-state index in [1.165, 1.54) is 5.56 Å². The molecule has 140 valence electrons. The van der Waals surface area contributed by atoms with Crippen LogP contribution in [0.2, 0.25) is 5.02 Å². The lowest BCUT2D eigenvalue weighted by Gasteiger charge is -2.21. The first kappa shape index (κ1) is 19.5. The molecule has 1 aromatic heterocycles. The molecule has 0 amide bonds. The number of aldehydes is 1. The Labute approximate surface area is 164 Å². The van der Waals surface area contributed by atoms with Crippen LogP contribution in [0.15, 0.2) is 48.5 Å². The van der Waals surface area contributed by atoms with E-state index in [0.29, 0.717) is 17.2 Å². The number of methoxy groups -OCH3 is 1. The summed E-state index contributed by atoms with van der Waals surface area (Å²) in [6.45, 7) is 5.45. The fraction of sp³-hybridized carbons (Fsp3) is 0.273. The van der Waals surface area contributed by atoms with E-state index in [4.69, 9.17) is 21.3 Å². The molecule has 0 aliphatic carbocycles. The molecule has 0 aliphatic rings. The summed E-state index contributed by atoms with van der Waals surface area (Å²) in [5.41, 5.74) is 4.57. The van der Waals surface area contributed by atoms with E-state index in [1.54, 1.807) is 7.11 Å². The topological polar surface area (TPSA) is 42.4 Å². The van der Waals surface area contributed by atoms with Crippen molar-refractivity contribution in [1.29, 1.82) is 0 Å². The molecule has 0 fully saturated rings. The minimum absolute atomic E-state index is 0.652. The van der Waals surface area contributed by atoms with Gasteiger partial charge in [-0.1, -0.05) is 48.9 Å². The fourth-order valence-electron chi connectivity index (χ4n) is 3.10. The third-order valence-corrected chi connectivity index (χ3v) is 4.89. The van der Waals surface area contributed by atoms with Gasteiger partial charge in [-0.05, 0) is 30.3 Å². The Kier molecular flexibility index (Phi) is 6.56. The van der Waals surface area contributed by atoms with Crippen LogP contribution >= 0.6 is 11.6 Å². The number of carbonyl (C=O) groups is 1. The number of fused-ring (bicyclic) bond motifs is 1. The van der Waals surface area contributed by atoms with Gasteiger partial charge < -0.3 is 4.74 Å². The van der Waals surface area contributed by atoms with Crippen molar-refractivity contribution in [2.75, 3.05) is 26.8 Å². The van der Waals surface area contributed by atoms with Gasteiger partial charge in [-0.2, -0.15) is 0 Å². The lowest BCUT2D eigenvalue weighted by atomic mass is 10.0. The molecule has 2 aromatic carbocycles. The van der Waals surface area contributed by atoms with Gasteiger partial charge in [0.15, 0.2) is 0 Å². The molecule has 3 rings (SSSR count). The molecule has 0 radical (unpaired) electrons. The molecule has 0 N–H and O–H groups in total. The zero-order valence-corrected chi connectivity index (χ0v) is 16.4. The van der Waals surface area contributed by atoms with Crippen molar-refractivity contribution in [2.45, 2.75) is 13.5 Å². The van der Waals surface area contributed by atoms with Crippen LogP contribution in [0.5, 0.6) is 0 Å². The van der Waals surface area contributed by atoms with Crippen LogP contribution in [0.1, 0.15) is 22.8 Å². The molecule has 0 spiro atoms. The van der Waals surface area contributed by atoms with Crippen molar-refractivity contribution in [3.63, 3.8) is 0 Å². The van der Waals surface area contributed by atoms with Crippen LogP contribution in [0.25, 0.3) is 22.2 Å². The SMILES string of the molecule is CCN(CCOC)Cc1cc(-c2ccc(C=O)cc2)nc2cc(Cl)ccc12. The van der Waals surface area contributed by atoms with E-state index in [0.717, 1.165) is 48.1 Å². The maximum absolute atomic E-state index is 10.9. The first-order valence-corrected chi connectivity index (χ1v) is 9.38. The Morgan fingerprint density at radius 3 is 2.59 bits per heavy atom. The quantitative estimate of drug-likeness (QED) is 0.523. The second-order valence-corrected chi connectivity index (χ2v) is 6.87. The van der Waals surface area contributed by atoms with Gasteiger partial charge in [-0.25, -0.2) is 4.98 Å². The first-order valence-electron chi connectivity index (χ1n) is 9.00. The summed E-state index contributed by atoms with van der Waals surface area (Å²) >= 11 is 6.20. The number of pyridine rings is 1. The van der Waals surface area contributed by atoms with E-state index in [2.05, 4.69) is 17.9 Å². The normalized spacial score (nSPS) is 11.3. The van der Waals surface area contributed by atoms with Crippen molar-refractivity contribution in [3.8, 4) is 11.3 Å². The van der Waals surface area contributed by atoms with Crippen LogP contribution in [-0.2, 0) is 11.3 Å². The number of aromatic nitrogens is 1.